The van der Waals surface area contributed by atoms with Crippen molar-refractivity contribution in [3.63, 3.8) is 0 Å². The number of aromatic nitrogens is 2. The lowest BCUT2D eigenvalue weighted by atomic mass is 10.3. The van der Waals surface area contributed by atoms with Crippen LogP contribution in [0.2, 0.25) is 15.1 Å². The van der Waals surface area contributed by atoms with Crippen LogP contribution in [0, 0.1) is 0 Å². The maximum absolute atomic E-state index is 12.0. The van der Waals surface area contributed by atoms with Gasteiger partial charge in [-0.15, -0.1) is 0 Å². The summed E-state index contributed by atoms with van der Waals surface area (Å²) in [6, 6.07) is 7.86. The van der Waals surface area contributed by atoms with Gasteiger partial charge in [-0.05, 0) is 24.3 Å². The third kappa shape index (κ3) is 3.67. The summed E-state index contributed by atoms with van der Waals surface area (Å²) in [5.74, 6) is -0.138. The van der Waals surface area contributed by atoms with Crippen LogP contribution in [0.25, 0.3) is 11.0 Å². The van der Waals surface area contributed by atoms with Crippen LogP contribution in [0.5, 0.6) is 5.75 Å². The molecule has 0 aliphatic carbocycles. The smallest absolute Gasteiger partial charge is 0.323 e. The molecule has 1 amide bonds. The second-order valence-electron chi connectivity index (χ2n) is 4.87. The van der Waals surface area contributed by atoms with Crippen molar-refractivity contribution >= 4 is 57.4 Å². The van der Waals surface area contributed by atoms with Gasteiger partial charge >= 0.3 is 5.69 Å². The first-order chi connectivity index (χ1) is 11.4. The molecule has 0 atom stereocenters. The van der Waals surface area contributed by atoms with Crippen LogP contribution < -0.4 is 15.7 Å². The minimum atomic E-state index is -0.394. The molecule has 0 aliphatic rings. The van der Waals surface area contributed by atoms with Crippen molar-refractivity contribution in [2.75, 3.05) is 11.9 Å². The SMILES string of the molecule is O=C(COc1cc(Cl)c(Cl)cc1Cl)Nc1ccc2[nH]c(=O)[nH]c2c1. The summed E-state index contributed by atoms with van der Waals surface area (Å²) in [4.78, 5) is 28.4. The van der Waals surface area contributed by atoms with E-state index in [0.717, 1.165) is 0 Å². The van der Waals surface area contributed by atoms with Crippen molar-refractivity contribution < 1.29 is 9.53 Å². The van der Waals surface area contributed by atoms with E-state index in [1.54, 1.807) is 18.2 Å². The summed E-state index contributed by atoms with van der Waals surface area (Å²) in [6.07, 6.45) is 0. The lowest BCUT2D eigenvalue weighted by Gasteiger charge is -2.10. The van der Waals surface area contributed by atoms with Crippen molar-refractivity contribution in [1.82, 2.24) is 9.97 Å². The number of carbonyl (C=O) groups excluding carboxylic acids is 1. The Morgan fingerprint density at radius 1 is 1.00 bits per heavy atom. The van der Waals surface area contributed by atoms with E-state index in [1.165, 1.54) is 12.1 Å². The number of hydrogen-bond donors (Lipinski definition) is 3. The van der Waals surface area contributed by atoms with E-state index < -0.39 is 5.91 Å². The standard InChI is InChI=1S/C15H10Cl3N3O3/c16-8-4-10(18)13(5-9(8)17)24-6-14(22)19-7-1-2-11-12(3-7)21-15(23)20-11/h1-5H,6H2,(H,19,22)(H2,20,21,23). The Bertz CT molecular complexity index is 981. The molecule has 2 aromatic carbocycles. The molecule has 3 N–H and O–H groups in total. The number of aromatic amines is 2. The van der Waals surface area contributed by atoms with Crippen LogP contribution >= 0.6 is 34.8 Å². The Labute approximate surface area is 150 Å². The molecule has 124 valence electrons. The van der Waals surface area contributed by atoms with Crippen LogP contribution in [0.1, 0.15) is 0 Å². The molecule has 0 saturated carbocycles. The van der Waals surface area contributed by atoms with E-state index in [0.29, 0.717) is 21.7 Å². The van der Waals surface area contributed by atoms with E-state index in [4.69, 9.17) is 39.5 Å². The predicted octanol–water partition coefficient (Wildman–Crippen LogP) is 3.83. The first-order valence-corrected chi connectivity index (χ1v) is 7.85. The molecule has 0 fully saturated rings. The molecular formula is C15H10Cl3N3O3. The molecule has 0 bridgehead atoms. The molecule has 0 spiro atoms. The molecule has 6 nitrogen and oxygen atoms in total. The Kier molecular flexibility index (Phi) is 4.71. The van der Waals surface area contributed by atoms with Crippen LogP contribution in [-0.4, -0.2) is 22.5 Å². The quantitative estimate of drug-likeness (QED) is 0.595. The third-order valence-corrected chi connectivity index (χ3v) is 4.15. The molecule has 0 saturated heterocycles. The largest absolute Gasteiger partial charge is 0.482 e. The fourth-order valence-corrected chi connectivity index (χ4v) is 2.66. The van der Waals surface area contributed by atoms with Gasteiger partial charge < -0.3 is 20.0 Å². The molecule has 0 aliphatic heterocycles. The predicted molar refractivity (Wildman–Crippen MR) is 94.5 cm³/mol. The second kappa shape index (κ2) is 6.76. The fourth-order valence-electron chi connectivity index (χ4n) is 2.07. The summed E-state index contributed by atoms with van der Waals surface area (Å²) in [5.41, 5.74) is 1.45. The molecule has 24 heavy (non-hydrogen) atoms. The second-order valence-corrected chi connectivity index (χ2v) is 6.09. The summed E-state index contributed by atoms with van der Waals surface area (Å²) in [5, 5.41) is 3.48. The van der Waals surface area contributed by atoms with Crippen LogP contribution in [0.15, 0.2) is 35.1 Å². The topological polar surface area (TPSA) is 87.0 Å². The highest BCUT2D eigenvalue weighted by Crippen LogP contribution is 2.33. The number of carbonyl (C=O) groups is 1. The summed E-state index contributed by atoms with van der Waals surface area (Å²) < 4.78 is 5.35. The highest BCUT2D eigenvalue weighted by atomic mass is 35.5. The van der Waals surface area contributed by atoms with Crippen molar-refractivity contribution in [3.8, 4) is 5.75 Å². The zero-order chi connectivity index (χ0) is 17.3. The van der Waals surface area contributed by atoms with Crippen molar-refractivity contribution in [3.05, 3.63) is 55.9 Å². The maximum atomic E-state index is 12.0. The highest BCUT2D eigenvalue weighted by Gasteiger charge is 2.10. The van der Waals surface area contributed by atoms with E-state index in [2.05, 4.69) is 15.3 Å². The lowest BCUT2D eigenvalue weighted by molar-refractivity contribution is -0.118. The van der Waals surface area contributed by atoms with Gasteiger partial charge in [0.05, 0.1) is 26.1 Å². The van der Waals surface area contributed by atoms with Gasteiger partial charge in [0.1, 0.15) is 5.75 Å². The monoisotopic (exact) mass is 385 g/mol. The van der Waals surface area contributed by atoms with Gasteiger partial charge in [0.15, 0.2) is 6.61 Å². The van der Waals surface area contributed by atoms with Crippen LogP contribution in [0.3, 0.4) is 0 Å². The fraction of sp³-hybridized carbons (Fsp3) is 0.0667. The average molecular weight is 387 g/mol. The number of rotatable bonds is 4. The number of benzene rings is 2. The van der Waals surface area contributed by atoms with Crippen molar-refractivity contribution in [1.29, 1.82) is 0 Å². The number of imidazole rings is 1. The van der Waals surface area contributed by atoms with Gasteiger partial charge in [-0.2, -0.15) is 0 Å². The number of anilines is 1. The molecule has 0 radical (unpaired) electrons. The Morgan fingerprint density at radius 2 is 1.71 bits per heavy atom. The Balaban J connectivity index is 1.66. The average Bonchev–Trinajstić information content (AvgIpc) is 2.89. The lowest BCUT2D eigenvalue weighted by Crippen LogP contribution is -2.20. The normalized spacial score (nSPS) is 10.8. The third-order valence-electron chi connectivity index (χ3n) is 3.13. The van der Waals surface area contributed by atoms with Gasteiger partial charge in [0.2, 0.25) is 0 Å². The molecule has 1 aromatic heterocycles. The zero-order valence-corrected chi connectivity index (χ0v) is 14.2. The van der Waals surface area contributed by atoms with Gasteiger partial charge in [0.25, 0.3) is 5.91 Å². The maximum Gasteiger partial charge on any atom is 0.323 e. The number of H-pyrrole nitrogens is 2. The van der Waals surface area contributed by atoms with E-state index in [-0.39, 0.29) is 28.1 Å². The van der Waals surface area contributed by atoms with E-state index in [1.807, 2.05) is 0 Å². The number of ether oxygens (including phenoxy) is 1. The molecule has 0 unspecified atom stereocenters. The molecular weight excluding hydrogens is 377 g/mol. The summed E-state index contributed by atoms with van der Waals surface area (Å²) >= 11 is 17.7. The summed E-state index contributed by atoms with van der Waals surface area (Å²) in [6.45, 7) is -0.265. The Hall–Kier alpha value is -2.15. The minimum Gasteiger partial charge on any atom is -0.482 e. The number of hydrogen-bond acceptors (Lipinski definition) is 3. The van der Waals surface area contributed by atoms with Crippen molar-refractivity contribution in [2.45, 2.75) is 0 Å². The van der Waals surface area contributed by atoms with Crippen LogP contribution in [0.4, 0.5) is 5.69 Å². The first kappa shape index (κ1) is 16.7. The number of amides is 1. The van der Waals surface area contributed by atoms with Gasteiger partial charge in [-0.3, -0.25) is 4.79 Å². The molecule has 9 heteroatoms. The number of fused-ring (bicyclic) bond motifs is 1. The van der Waals surface area contributed by atoms with E-state index in [9.17, 15) is 9.59 Å². The van der Waals surface area contributed by atoms with E-state index >= 15 is 0 Å². The van der Waals surface area contributed by atoms with Crippen LogP contribution in [-0.2, 0) is 4.79 Å². The van der Waals surface area contributed by atoms with Gasteiger partial charge in [-0.25, -0.2) is 4.79 Å². The number of nitrogens with one attached hydrogen (secondary N) is 3. The summed E-state index contributed by atoms with van der Waals surface area (Å²) in [7, 11) is 0. The van der Waals surface area contributed by atoms with Crippen molar-refractivity contribution in [2.24, 2.45) is 0 Å². The first-order valence-electron chi connectivity index (χ1n) is 6.71. The Morgan fingerprint density at radius 3 is 2.50 bits per heavy atom. The molecule has 3 rings (SSSR count). The van der Waals surface area contributed by atoms with Gasteiger partial charge in [-0.1, -0.05) is 34.8 Å². The highest BCUT2D eigenvalue weighted by molar-refractivity contribution is 6.43. The zero-order valence-electron chi connectivity index (χ0n) is 12.0. The molecule has 3 aromatic rings. The van der Waals surface area contributed by atoms with Gasteiger partial charge in [0, 0.05) is 11.8 Å². The molecule has 1 heterocycles. The minimum absolute atomic E-state index is 0.253. The number of halogens is 3.